The van der Waals surface area contributed by atoms with Crippen molar-refractivity contribution < 1.29 is 95.6 Å². The summed E-state index contributed by atoms with van der Waals surface area (Å²) in [6.45, 7) is 20.1. The molecule has 3 saturated carbocycles. The van der Waals surface area contributed by atoms with Crippen molar-refractivity contribution in [2.75, 3.05) is 33.5 Å². The van der Waals surface area contributed by atoms with E-state index >= 15 is 0 Å². The molecule has 0 N–H and O–H groups in total. The Labute approximate surface area is 617 Å². The number of ketones is 10. The zero-order valence-corrected chi connectivity index (χ0v) is 61.1. The summed E-state index contributed by atoms with van der Waals surface area (Å²) in [5.41, 5.74) is 6.66. The number of benzene rings is 6. The van der Waals surface area contributed by atoms with Gasteiger partial charge in [-0.3, -0.25) is 67.1 Å². The Balaban J connectivity index is 0.000000193. The molecule has 4 atom stereocenters. The molecule has 106 heavy (non-hydrogen) atoms. The fraction of sp³-hybridized carbons (Fsp3) is 0.388. The first-order valence-corrected chi connectivity index (χ1v) is 35.6. The SMILES string of the molecule is CC1(C)CC(=O)C(Cc2ccccc2)C(=O)C1.CC1C(=O)CCC1=O.CCOC(=O)C1CCCC1=O.CCOC(=O)C1CCOC1=O.COC(=O)C1CCc2ccccc2C1=O.O=C1c2ccccc2C(=O)C1Cc1ccccc1.O=C1c2ccccc2C(=O)C1c1ccccc1.[C-]#[N+]C(C)C(=O)OCC. The number of hydrogen-bond donors (Lipinski definition) is 0. The highest BCUT2D eigenvalue weighted by molar-refractivity contribution is 6.30. The third-order valence-corrected chi connectivity index (χ3v) is 18.4. The first-order chi connectivity index (χ1) is 50.7. The number of aryl methyl sites for hydroxylation is 1. The van der Waals surface area contributed by atoms with E-state index < -0.39 is 65.4 Å². The Hall–Kier alpha value is -11.1. The zero-order chi connectivity index (χ0) is 77.6. The smallest absolute Gasteiger partial charge is 0.389 e. The van der Waals surface area contributed by atoms with Crippen LogP contribution in [0, 0.1) is 47.5 Å². The second-order valence-corrected chi connectivity index (χ2v) is 26.6. The van der Waals surface area contributed by atoms with E-state index in [1.807, 2.05) is 123 Å². The highest BCUT2D eigenvalue weighted by Gasteiger charge is 2.42. The van der Waals surface area contributed by atoms with Crippen LogP contribution >= 0.6 is 0 Å². The Bertz CT molecular complexity index is 4060. The predicted molar refractivity (Wildman–Crippen MR) is 390 cm³/mol. The van der Waals surface area contributed by atoms with Crippen LogP contribution in [0.3, 0.4) is 0 Å². The van der Waals surface area contributed by atoms with Gasteiger partial charge in [-0.25, -0.2) is 11.4 Å². The molecule has 6 aromatic carbocycles. The zero-order valence-electron chi connectivity index (χ0n) is 61.1. The van der Waals surface area contributed by atoms with E-state index in [2.05, 4.69) is 23.8 Å². The number of methoxy groups -OCH3 is 1. The number of nitrogens with zero attached hydrogens (tertiary/aromatic N) is 1. The average Bonchev–Trinajstić information content (AvgIpc) is 1.56. The number of rotatable bonds is 12. The lowest BCUT2D eigenvalue weighted by Crippen LogP contribution is -2.38. The lowest BCUT2D eigenvalue weighted by atomic mass is 9.70. The predicted octanol–water partition coefficient (Wildman–Crippen LogP) is 12.6. The molecule has 1 saturated heterocycles. The van der Waals surface area contributed by atoms with Gasteiger partial charge in [0, 0.05) is 73.3 Å². The number of carbonyl (C=O) groups excluding carboxylic acids is 15. The Morgan fingerprint density at radius 1 is 0.472 bits per heavy atom. The Morgan fingerprint density at radius 3 is 1.32 bits per heavy atom. The summed E-state index contributed by atoms with van der Waals surface area (Å²) in [6.07, 6.45) is 6.89. The Morgan fingerprint density at radius 2 is 0.906 bits per heavy atom. The van der Waals surface area contributed by atoms with Gasteiger partial charge < -0.3 is 28.5 Å². The first kappa shape index (κ1) is 83.8. The van der Waals surface area contributed by atoms with E-state index in [1.54, 1.807) is 82.3 Å². The van der Waals surface area contributed by atoms with Crippen molar-refractivity contribution in [3.05, 3.63) is 225 Å². The standard InChI is InChI=1S/C16H12O2.C15H10O2.C15H18O2.C12H12O3.C8H12O3.C7H10O4.C6H9NO2.C6H8O2/c17-15-12-8-4-5-9-13(12)16(18)14(15)10-11-6-2-1-3-7-11;16-14-11-8-4-5-9-12(11)15(17)13(14)10-6-2-1-3-7-10;1-15(2)9-13(16)12(14(17)10-15)8-11-6-4-3-5-7-11;1-15-12(14)10-7-6-8-4-2-3-5-9(8)11(10)13;1-2-11-8(10)6-4-3-5-7(6)9;1-2-10-6(8)5-3-4-11-7(5)9;1-4-9-6(8)5(2)7-3;1-4-5(7)2-3-6(4)8/h1-9,14H,10H2;1-9,13H;3-7,12H,8-10H2,1-2H3;2-5,10H,6-7H2,1H3;6H,2-5H2,1H3;5H,2-4H2,1H3;5H,4H2,1-2H3;4H,2-3H2,1H3. The van der Waals surface area contributed by atoms with E-state index in [-0.39, 0.29) is 75.1 Å². The summed E-state index contributed by atoms with van der Waals surface area (Å²) < 4.78 is 23.1. The van der Waals surface area contributed by atoms with Crippen LogP contribution in [0.4, 0.5) is 0 Å². The van der Waals surface area contributed by atoms with Crippen LogP contribution in [0.5, 0.6) is 0 Å². The minimum absolute atomic E-state index is 0.0422. The second kappa shape index (κ2) is 41.4. The van der Waals surface area contributed by atoms with Gasteiger partial charge >= 0.3 is 35.9 Å². The van der Waals surface area contributed by atoms with E-state index in [0.717, 1.165) is 35.1 Å². The third-order valence-electron chi connectivity index (χ3n) is 18.4. The highest BCUT2D eigenvalue weighted by atomic mass is 16.6. The summed E-state index contributed by atoms with van der Waals surface area (Å²) >= 11 is 0. The minimum atomic E-state index is -0.671. The number of Topliss-reactive ketones (excluding diaryl/α,β-unsaturated/α-hetero) is 10. The topological polar surface area (TPSA) is 307 Å². The van der Waals surface area contributed by atoms with Gasteiger partial charge in [-0.15, -0.1) is 0 Å². The lowest BCUT2D eigenvalue weighted by Gasteiger charge is -2.32. The molecule has 0 spiro atoms. The molecule has 4 fully saturated rings. The average molecular weight is 1450 g/mol. The van der Waals surface area contributed by atoms with Crippen LogP contribution < -0.4 is 0 Å². The van der Waals surface area contributed by atoms with Crippen LogP contribution in [0.1, 0.15) is 186 Å². The van der Waals surface area contributed by atoms with Crippen LogP contribution in [0.2, 0.25) is 0 Å². The molecule has 0 bridgehead atoms. The molecule has 6 aromatic rings. The van der Waals surface area contributed by atoms with Crippen molar-refractivity contribution in [2.24, 2.45) is 40.9 Å². The maximum absolute atomic E-state index is 12.2. The first-order valence-electron chi connectivity index (χ1n) is 35.6. The van der Waals surface area contributed by atoms with Gasteiger partial charge in [0.1, 0.15) is 46.7 Å². The molecule has 4 unspecified atom stereocenters. The minimum Gasteiger partial charge on any atom is -0.468 e. The van der Waals surface area contributed by atoms with Gasteiger partial charge in [-0.2, -0.15) is 0 Å². The number of ether oxygens (including phenoxy) is 5. The number of cyclic esters (lactones) is 1. The number of esters is 5. The molecule has 21 nitrogen and oxygen atoms in total. The van der Waals surface area contributed by atoms with Crippen LogP contribution in [0.15, 0.2) is 164 Å². The van der Waals surface area contributed by atoms with Crippen molar-refractivity contribution in [1.29, 1.82) is 0 Å². The van der Waals surface area contributed by atoms with Gasteiger partial charge in [-0.05, 0) is 93.9 Å². The largest absolute Gasteiger partial charge is 0.468 e. The monoisotopic (exact) mass is 1450 g/mol. The molecule has 7 aliphatic rings. The maximum Gasteiger partial charge on any atom is 0.389 e. The summed E-state index contributed by atoms with van der Waals surface area (Å²) in [5, 5.41) is 0. The quantitative estimate of drug-likeness (QED) is 0.0475. The van der Waals surface area contributed by atoms with Crippen LogP contribution in [-0.4, -0.2) is 127 Å². The van der Waals surface area contributed by atoms with Crippen LogP contribution in [0.25, 0.3) is 4.85 Å². The Kier molecular flexibility index (Phi) is 32.7. The van der Waals surface area contributed by atoms with Crippen molar-refractivity contribution in [1.82, 2.24) is 0 Å². The van der Waals surface area contributed by atoms with Crippen LogP contribution in [-0.2, 0) is 90.9 Å². The van der Waals surface area contributed by atoms with Gasteiger partial charge in [0.05, 0.1) is 51.3 Å². The molecule has 13 rings (SSSR count). The third kappa shape index (κ3) is 23.4. The van der Waals surface area contributed by atoms with E-state index in [9.17, 15) is 71.9 Å². The number of fused-ring (bicyclic) bond motifs is 3. The number of carbonyl (C=O) groups is 15. The molecular formula is C85H91NO20. The van der Waals surface area contributed by atoms with E-state index in [4.69, 9.17) is 11.3 Å². The van der Waals surface area contributed by atoms with Gasteiger partial charge in [-0.1, -0.05) is 178 Å². The van der Waals surface area contributed by atoms with E-state index in [1.165, 1.54) is 14.0 Å². The van der Waals surface area contributed by atoms with Gasteiger partial charge in [0.15, 0.2) is 34.8 Å². The van der Waals surface area contributed by atoms with Crippen molar-refractivity contribution in [2.45, 2.75) is 137 Å². The lowest BCUT2D eigenvalue weighted by molar-refractivity contribution is -0.156. The summed E-state index contributed by atoms with van der Waals surface area (Å²) in [7, 11) is 1.32. The molecule has 1 aliphatic heterocycles. The van der Waals surface area contributed by atoms with Crippen molar-refractivity contribution in [3.63, 3.8) is 0 Å². The summed E-state index contributed by atoms with van der Waals surface area (Å²) in [4.78, 5) is 174. The fourth-order valence-corrected chi connectivity index (χ4v) is 12.6. The molecule has 1 heterocycles. The molecule has 0 radical (unpaired) electrons. The summed E-state index contributed by atoms with van der Waals surface area (Å²) in [6, 6.07) is 49.5. The molecule has 6 aliphatic carbocycles. The molecule has 21 heteroatoms. The summed E-state index contributed by atoms with van der Waals surface area (Å²) in [5.74, 6) is -5.63. The van der Waals surface area contributed by atoms with Gasteiger partial charge in [0.25, 0.3) is 0 Å². The molecule has 0 aromatic heterocycles. The molecule has 0 amide bonds. The normalized spacial score (nSPS) is 18.6. The van der Waals surface area contributed by atoms with Crippen molar-refractivity contribution in [3.8, 4) is 0 Å². The molecule has 556 valence electrons. The highest BCUT2D eigenvalue weighted by Crippen LogP contribution is 2.37. The number of hydrogen-bond acceptors (Lipinski definition) is 20. The van der Waals surface area contributed by atoms with E-state index in [0.29, 0.717) is 118 Å². The van der Waals surface area contributed by atoms with Crippen molar-refractivity contribution >= 4 is 87.7 Å². The van der Waals surface area contributed by atoms with Gasteiger partial charge in [0.2, 0.25) is 0 Å². The maximum atomic E-state index is 12.2. The fourth-order valence-electron chi connectivity index (χ4n) is 12.6. The second-order valence-electron chi connectivity index (χ2n) is 26.6. The molecular weight excluding hydrogens is 1350 g/mol.